The number of hydrogen-bond donors (Lipinski definition) is 2. The van der Waals surface area contributed by atoms with Crippen molar-refractivity contribution in [2.24, 2.45) is 5.73 Å². The van der Waals surface area contributed by atoms with E-state index in [9.17, 15) is 0 Å². The van der Waals surface area contributed by atoms with Gasteiger partial charge in [-0.25, -0.2) is 4.98 Å². The summed E-state index contributed by atoms with van der Waals surface area (Å²) in [6.07, 6.45) is 1.81. The molecule has 0 aliphatic rings. The monoisotopic (exact) mass is 241 g/mol. The van der Waals surface area contributed by atoms with Crippen LogP contribution in [0.4, 0.5) is 0 Å². The Morgan fingerprint density at radius 2 is 2.17 bits per heavy atom. The second kappa shape index (κ2) is 3.99. The molecule has 1 aromatic carbocycles. The van der Waals surface area contributed by atoms with E-state index in [1.807, 2.05) is 25.3 Å². The fraction of sp³-hybridized carbons (Fsp3) is 0.214. The van der Waals surface area contributed by atoms with Crippen LogP contribution in [0.5, 0.6) is 0 Å². The third kappa shape index (κ3) is 1.62. The number of aromatic amines is 1. The van der Waals surface area contributed by atoms with Crippen LogP contribution in [-0.2, 0) is 6.54 Å². The average Bonchev–Trinajstić information content (AvgIpc) is 2.96. The van der Waals surface area contributed by atoms with Crippen molar-refractivity contribution < 1.29 is 4.42 Å². The summed E-state index contributed by atoms with van der Waals surface area (Å²) in [6.45, 7) is 4.48. The van der Waals surface area contributed by atoms with E-state index >= 15 is 0 Å². The molecule has 0 atom stereocenters. The Balaban J connectivity index is 2.15. The molecule has 0 aliphatic carbocycles. The molecule has 0 saturated heterocycles. The van der Waals surface area contributed by atoms with Crippen LogP contribution < -0.4 is 5.73 Å². The van der Waals surface area contributed by atoms with Crippen molar-refractivity contribution in [1.29, 1.82) is 0 Å². The summed E-state index contributed by atoms with van der Waals surface area (Å²) >= 11 is 0. The molecular formula is C14H15N3O. The molecule has 0 radical (unpaired) electrons. The molecule has 0 spiro atoms. The summed E-state index contributed by atoms with van der Waals surface area (Å²) in [5.41, 5.74) is 9.74. The van der Waals surface area contributed by atoms with E-state index in [0.717, 1.165) is 33.8 Å². The van der Waals surface area contributed by atoms with E-state index in [4.69, 9.17) is 10.2 Å². The summed E-state index contributed by atoms with van der Waals surface area (Å²) in [6, 6.07) is 6.14. The van der Waals surface area contributed by atoms with Crippen LogP contribution >= 0.6 is 0 Å². The van der Waals surface area contributed by atoms with Gasteiger partial charge >= 0.3 is 0 Å². The number of aryl methyl sites for hydroxylation is 2. The van der Waals surface area contributed by atoms with Crippen LogP contribution in [0.15, 0.2) is 28.8 Å². The first-order chi connectivity index (χ1) is 8.69. The highest BCUT2D eigenvalue weighted by Crippen LogP contribution is 2.29. The van der Waals surface area contributed by atoms with Gasteiger partial charge in [0, 0.05) is 10.9 Å². The lowest BCUT2D eigenvalue weighted by Crippen LogP contribution is -1.97. The van der Waals surface area contributed by atoms with E-state index in [0.29, 0.717) is 6.54 Å². The summed E-state index contributed by atoms with van der Waals surface area (Å²) in [7, 11) is 0. The standard InChI is InChI=1S/C14H15N3O/c1-8-9(2)18-13-4-3-10(5-11(8)13)12-7-16-14(6-15)17-12/h3-5,7H,6,15H2,1-2H3,(H,16,17). The molecule has 18 heavy (non-hydrogen) atoms. The van der Waals surface area contributed by atoms with Crippen molar-refractivity contribution in [3.8, 4) is 11.3 Å². The van der Waals surface area contributed by atoms with Gasteiger partial charge < -0.3 is 15.1 Å². The van der Waals surface area contributed by atoms with E-state index in [2.05, 4.69) is 23.0 Å². The number of hydrogen-bond acceptors (Lipinski definition) is 3. The highest BCUT2D eigenvalue weighted by atomic mass is 16.3. The minimum atomic E-state index is 0.423. The number of benzene rings is 1. The first-order valence-corrected chi connectivity index (χ1v) is 5.93. The first-order valence-electron chi connectivity index (χ1n) is 5.93. The van der Waals surface area contributed by atoms with Gasteiger partial charge in [0.2, 0.25) is 0 Å². The molecule has 2 aromatic heterocycles. The number of fused-ring (bicyclic) bond motifs is 1. The predicted octanol–water partition coefficient (Wildman–Crippen LogP) is 2.90. The first kappa shape index (κ1) is 11.0. The Labute approximate surface area is 105 Å². The van der Waals surface area contributed by atoms with Gasteiger partial charge in [-0.15, -0.1) is 0 Å². The maximum atomic E-state index is 5.67. The van der Waals surface area contributed by atoms with Crippen molar-refractivity contribution in [2.75, 3.05) is 0 Å². The molecule has 0 unspecified atom stereocenters. The lowest BCUT2D eigenvalue weighted by atomic mass is 10.1. The molecule has 92 valence electrons. The topological polar surface area (TPSA) is 67.8 Å². The molecule has 0 aliphatic heterocycles. The summed E-state index contributed by atoms with van der Waals surface area (Å²) in [4.78, 5) is 7.42. The molecule has 3 N–H and O–H groups in total. The fourth-order valence-corrected chi connectivity index (χ4v) is 2.12. The molecule has 0 bridgehead atoms. The zero-order valence-corrected chi connectivity index (χ0v) is 10.4. The van der Waals surface area contributed by atoms with Gasteiger partial charge in [0.25, 0.3) is 0 Å². The SMILES string of the molecule is Cc1oc2ccc(-c3cnc(CN)[nH]3)cc2c1C. The number of imidazole rings is 1. The van der Waals surface area contributed by atoms with Gasteiger partial charge in [0.15, 0.2) is 0 Å². The molecule has 0 amide bonds. The Morgan fingerprint density at radius 3 is 2.89 bits per heavy atom. The van der Waals surface area contributed by atoms with Crippen molar-refractivity contribution in [2.45, 2.75) is 20.4 Å². The zero-order chi connectivity index (χ0) is 12.7. The van der Waals surface area contributed by atoms with Crippen molar-refractivity contribution >= 4 is 11.0 Å². The number of H-pyrrole nitrogens is 1. The van der Waals surface area contributed by atoms with E-state index in [1.54, 1.807) is 0 Å². The van der Waals surface area contributed by atoms with Crippen LogP contribution in [0.3, 0.4) is 0 Å². The minimum Gasteiger partial charge on any atom is -0.461 e. The minimum absolute atomic E-state index is 0.423. The molecule has 0 saturated carbocycles. The third-order valence-corrected chi connectivity index (χ3v) is 3.31. The molecule has 0 fully saturated rings. The lowest BCUT2D eigenvalue weighted by Gasteiger charge is -1.98. The number of aromatic nitrogens is 2. The highest BCUT2D eigenvalue weighted by molar-refractivity contribution is 5.86. The van der Waals surface area contributed by atoms with Crippen LogP contribution in [0.1, 0.15) is 17.1 Å². The molecule has 3 rings (SSSR count). The van der Waals surface area contributed by atoms with Crippen molar-refractivity contribution in [3.05, 3.63) is 41.5 Å². The average molecular weight is 241 g/mol. The summed E-state index contributed by atoms with van der Waals surface area (Å²) in [5, 5.41) is 1.15. The normalized spacial score (nSPS) is 11.3. The lowest BCUT2D eigenvalue weighted by molar-refractivity contribution is 0.575. The van der Waals surface area contributed by atoms with Crippen molar-refractivity contribution in [3.63, 3.8) is 0 Å². The molecule has 3 aromatic rings. The second-order valence-corrected chi connectivity index (χ2v) is 4.44. The number of nitrogens with zero attached hydrogens (tertiary/aromatic N) is 1. The second-order valence-electron chi connectivity index (χ2n) is 4.44. The molecule has 4 heteroatoms. The van der Waals surface area contributed by atoms with E-state index in [-0.39, 0.29) is 0 Å². The van der Waals surface area contributed by atoms with Gasteiger partial charge in [0.1, 0.15) is 17.2 Å². The van der Waals surface area contributed by atoms with Crippen LogP contribution in [0, 0.1) is 13.8 Å². The Bertz CT molecular complexity index is 709. The van der Waals surface area contributed by atoms with Gasteiger partial charge in [-0.05, 0) is 37.6 Å². The number of furan rings is 1. The number of nitrogens with two attached hydrogens (primary N) is 1. The molecule has 2 heterocycles. The highest BCUT2D eigenvalue weighted by Gasteiger charge is 2.09. The van der Waals surface area contributed by atoms with E-state index in [1.165, 1.54) is 5.56 Å². The van der Waals surface area contributed by atoms with Gasteiger partial charge in [0.05, 0.1) is 18.4 Å². The third-order valence-electron chi connectivity index (χ3n) is 3.31. The van der Waals surface area contributed by atoms with Crippen LogP contribution in [-0.4, -0.2) is 9.97 Å². The van der Waals surface area contributed by atoms with E-state index < -0.39 is 0 Å². The summed E-state index contributed by atoms with van der Waals surface area (Å²) < 4.78 is 5.67. The maximum Gasteiger partial charge on any atom is 0.134 e. The largest absolute Gasteiger partial charge is 0.461 e. The van der Waals surface area contributed by atoms with Gasteiger partial charge in [-0.2, -0.15) is 0 Å². The smallest absolute Gasteiger partial charge is 0.134 e. The zero-order valence-electron chi connectivity index (χ0n) is 10.4. The molecular weight excluding hydrogens is 226 g/mol. The van der Waals surface area contributed by atoms with Gasteiger partial charge in [-0.3, -0.25) is 0 Å². The fourth-order valence-electron chi connectivity index (χ4n) is 2.12. The summed E-state index contributed by atoms with van der Waals surface area (Å²) in [5.74, 6) is 1.76. The molecule has 4 nitrogen and oxygen atoms in total. The Morgan fingerprint density at radius 1 is 1.33 bits per heavy atom. The maximum absolute atomic E-state index is 5.67. The van der Waals surface area contributed by atoms with Crippen LogP contribution in [0.2, 0.25) is 0 Å². The van der Waals surface area contributed by atoms with Crippen LogP contribution in [0.25, 0.3) is 22.2 Å². The Hall–Kier alpha value is -2.07. The number of rotatable bonds is 2. The van der Waals surface area contributed by atoms with Crippen molar-refractivity contribution in [1.82, 2.24) is 9.97 Å². The predicted molar refractivity (Wildman–Crippen MR) is 71.2 cm³/mol. The van der Waals surface area contributed by atoms with Gasteiger partial charge in [-0.1, -0.05) is 0 Å². The Kier molecular flexibility index (Phi) is 2.45. The quantitative estimate of drug-likeness (QED) is 0.724. The number of nitrogens with one attached hydrogen (secondary N) is 1.